The van der Waals surface area contributed by atoms with Gasteiger partial charge in [0.05, 0.1) is 13.0 Å². The second-order valence-electron chi connectivity index (χ2n) is 5.66. The Balaban J connectivity index is 2.11. The maximum Gasteiger partial charge on any atom is 0.387 e. The molecule has 1 aromatic carbocycles. The minimum absolute atomic E-state index is 0.0126. The van der Waals surface area contributed by atoms with Gasteiger partial charge in [0.15, 0.2) is 11.5 Å². The van der Waals surface area contributed by atoms with Crippen LogP contribution in [0.5, 0.6) is 11.5 Å². The summed E-state index contributed by atoms with van der Waals surface area (Å²) in [6, 6.07) is 4.71. The topological polar surface area (TPSA) is 59.0 Å². The number of benzene rings is 1. The Kier molecular flexibility index (Phi) is 5.76. The summed E-state index contributed by atoms with van der Waals surface area (Å²) in [5.41, 5.74) is 0.862. The highest BCUT2D eigenvalue weighted by molar-refractivity contribution is 5.71. The molecule has 0 saturated carbocycles. The lowest BCUT2D eigenvalue weighted by Gasteiger charge is -2.37. The summed E-state index contributed by atoms with van der Waals surface area (Å²) in [5, 5.41) is 9.26. The smallest absolute Gasteiger partial charge is 0.387 e. The van der Waals surface area contributed by atoms with E-state index in [-0.39, 0.29) is 23.5 Å². The maximum absolute atomic E-state index is 12.3. The molecule has 0 radical (unpaired) electrons. The van der Waals surface area contributed by atoms with Gasteiger partial charge in [-0.15, -0.1) is 0 Å². The molecule has 23 heavy (non-hydrogen) atoms. The first kappa shape index (κ1) is 17.5. The van der Waals surface area contributed by atoms with Gasteiger partial charge in [0, 0.05) is 12.6 Å². The lowest BCUT2D eigenvalue weighted by Crippen LogP contribution is -2.45. The van der Waals surface area contributed by atoms with Crippen LogP contribution in [-0.2, 0) is 11.3 Å². The molecular weight excluding hydrogens is 308 g/mol. The number of carbonyl (C=O) groups is 1. The SMILES string of the molecule is COc1cc(CN2CCC[C@H](C(=O)O)[C@@H]2C)ccc1OC(F)F. The number of carboxylic acid groups (broad SMARTS) is 1. The van der Waals surface area contributed by atoms with Crippen molar-refractivity contribution in [1.29, 1.82) is 0 Å². The zero-order valence-corrected chi connectivity index (χ0v) is 13.2. The third kappa shape index (κ3) is 4.31. The molecule has 0 bridgehead atoms. The average Bonchev–Trinajstić information content (AvgIpc) is 2.50. The molecule has 0 aromatic heterocycles. The van der Waals surface area contributed by atoms with Crippen molar-refractivity contribution in [3.63, 3.8) is 0 Å². The Morgan fingerprint density at radius 3 is 2.78 bits per heavy atom. The molecule has 1 fully saturated rings. The normalized spacial score (nSPS) is 22.1. The van der Waals surface area contributed by atoms with Crippen molar-refractivity contribution in [2.75, 3.05) is 13.7 Å². The van der Waals surface area contributed by atoms with Crippen LogP contribution < -0.4 is 9.47 Å². The minimum Gasteiger partial charge on any atom is -0.493 e. The fraction of sp³-hybridized carbons (Fsp3) is 0.562. The number of ether oxygens (including phenoxy) is 2. The molecule has 128 valence electrons. The van der Waals surface area contributed by atoms with Crippen molar-refractivity contribution in [3.05, 3.63) is 23.8 Å². The van der Waals surface area contributed by atoms with Crippen LogP contribution in [0.15, 0.2) is 18.2 Å². The molecule has 2 atom stereocenters. The highest BCUT2D eigenvalue weighted by Crippen LogP contribution is 2.31. The van der Waals surface area contributed by atoms with E-state index >= 15 is 0 Å². The monoisotopic (exact) mass is 329 g/mol. The Hall–Kier alpha value is -1.89. The summed E-state index contributed by atoms with van der Waals surface area (Å²) < 4.78 is 34.2. The summed E-state index contributed by atoms with van der Waals surface area (Å²) in [5.74, 6) is -0.934. The van der Waals surface area contributed by atoms with Gasteiger partial charge >= 0.3 is 12.6 Å². The van der Waals surface area contributed by atoms with Crippen molar-refractivity contribution in [2.24, 2.45) is 5.92 Å². The maximum atomic E-state index is 12.3. The van der Waals surface area contributed by atoms with Gasteiger partial charge in [-0.1, -0.05) is 6.07 Å². The second kappa shape index (κ2) is 7.59. The van der Waals surface area contributed by atoms with Crippen molar-refractivity contribution < 1.29 is 28.2 Å². The number of halogens is 2. The minimum atomic E-state index is -2.91. The van der Waals surface area contributed by atoms with E-state index in [4.69, 9.17) is 4.74 Å². The van der Waals surface area contributed by atoms with Gasteiger partial charge in [-0.3, -0.25) is 9.69 Å². The van der Waals surface area contributed by atoms with Gasteiger partial charge < -0.3 is 14.6 Å². The lowest BCUT2D eigenvalue weighted by atomic mass is 9.90. The molecule has 7 heteroatoms. The summed E-state index contributed by atoms with van der Waals surface area (Å²) in [6.45, 7) is 0.343. The lowest BCUT2D eigenvalue weighted by molar-refractivity contribution is -0.145. The number of nitrogens with zero attached hydrogens (tertiary/aromatic N) is 1. The van der Waals surface area contributed by atoms with E-state index < -0.39 is 12.6 Å². The second-order valence-corrected chi connectivity index (χ2v) is 5.66. The Morgan fingerprint density at radius 2 is 2.17 bits per heavy atom. The quantitative estimate of drug-likeness (QED) is 0.869. The van der Waals surface area contributed by atoms with Crippen LogP contribution in [0.2, 0.25) is 0 Å². The van der Waals surface area contributed by atoms with E-state index in [2.05, 4.69) is 9.64 Å². The summed E-state index contributed by atoms with van der Waals surface area (Å²) >= 11 is 0. The van der Waals surface area contributed by atoms with Gasteiger partial charge in [-0.05, 0) is 44.0 Å². The van der Waals surface area contributed by atoms with Crippen LogP contribution in [0.3, 0.4) is 0 Å². The van der Waals surface area contributed by atoms with Gasteiger partial charge in [-0.25, -0.2) is 0 Å². The molecule has 0 amide bonds. The molecule has 1 saturated heterocycles. The first-order valence-electron chi connectivity index (χ1n) is 7.51. The van der Waals surface area contributed by atoms with Gasteiger partial charge in [0.2, 0.25) is 0 Å². The number of hydrogen-bond donors (Lipinski definition) is 1. The predicted octanol–water partition coefficient (Wildman–Crippen LogP) is 2.98. The zero-order valence-electron chi connectivity index (χ0n) is 13.2. The fourth-order valence-corrected chi connectivity index (χ4v) is 3.00. The van der Waals surface area contributed by atoms with Crippen LogP contribution in [0.4, 0.5) is 8.78 Å². The molecular formula is C16H21F2NO4. The zero-order chi connectivity index (χ0) is 17.0. The van der Waals surface area contributed by atoms with Crippen LogP contribution in [0.1, 0.15) is 25.3 Å². The number of carboxylic acids is 1. The number of alkyl halides is 2. The van der Waals surface area contributed by atoms with Crippen LogP contribution in [0.25, 0.3) is 0 Å². The number of rotatable bonds is 6. The molecule has 2 rings (SSSR count). The number of hydrogen-bond acceptors (Lipinski definition) is 4. The van der Waals surface area contributed by atoms with Crippen molar-refractivity contribution in [1.82, 2.24) is 4.90 Å². The fourth-order valence-electron chi connectivity index (χ4n) is 3.00. The standard InChI is InChI=1S/C16H21F2NO4/c1-10-12(15(20)21)4-3-7-19(10)9-11-5-6-13(23-16(17)18)14(8-11)22-2/h5-6,8,10,12,16H,3-4,7,9H2,1-2H3,(H,20,21)/t10-,12-/m0/s1. The van der Waals surface area contributed by atoms with E-state index in [9.17, 15) is 18.7 Å². The number of likely N-dealkylation sites (tertiary alicyclic amines) is 1. The van der Waals surface area contributed by atoms with E-state index in [1.165, 1.54) is 13.2 Å². The summed E-state index contributed by atoms with van der Waals surface area (Å²) in [4.78, 5) is 13.4. The van der Waals surface area contributed by atoms with Crippen LogP contribution in [-0.4, -0.2) is 42.3 Å². The summed E-state index contributed by atoms with van der Waals surface area (Å²) in [7, 11) is 1.39. The highest BCUT2D eigenvalue weighted by Gasteiger charge is 2.32. The number of methoxy groups -OCH3 is 1. The Labute approximate surface area is 133 Å². The third-order valence-corrected chi connectivity index (χ3v) is 4.27. The molecule has 0 spiro atoms. The molecule has 5 nitrogen and oxygen atoms in total. The first-order valence-corrected chi connectivity index (χ1v) is 7.51. The molecule has 0 aliphatic carbocycles. The van der Waals surface area contributed by atoms with E-state index in [1.807, 2.05) is 6.92 Å². The Bertz CT molecular complexity index is 553. The third-order valence-electron chi connectivity index (χ3n) is 4.27. The number of piperidine rings is 1. The van der Waals surface area contributed by atoms with Crippen LogP contribution in [0, 0.1) is 5.92 Å². The van der Waals surface area contributed by atoms with E-state index in [0.717, 1.165) is 18.5 Å². The van der Waals surface area contributed by atoms with E-state index in [1.54, 1.807) is 12.1 Å². The van der Waals surface area contributed by atoms with Crippen molar-refractivity contribution in [3.8, 4) is 11.5 Å². The highest BCUT2D eigenvalue weighted by atomic mass is 19.3. The van der Waals surface area contributed by atoms with Crippen LogP contribution >= 0.6 is 0 Å². The molecule has 1 aromatic rings. The first-order chi connectivity index (χ1) is 10.9. The molecule has 1 aliphatic heterocycles. The van der Waals surface area contributed by atoms with E-state index in [0.29, 0.717) is 13.0 Å². The van der Waals surface area contributed by atoms with Gasteiger partial charge in [0.1, 0.15) is 0 Å². The van der Waals surface area contributed by atoms with Crippen molar-refractivity contribution >= 4 is 5.97 Å². The average molecular weight is 329 g/mol. The molecule has 1 N–H and O–H groups in total. The summed E-state index contributed by atoms with van der Waals surface area (Å²) in [6.07, 6.45) is 1.50. The molecule has 1 aliphatic rings. The predicted molar refractivity (Wildman–Crippen MR) is 79.9 cm³/mol. The van der Waals surface area contributed by atoms with Gasteiger partial charge in [-0.2, -0.15) is 8.78 Å². The molecule has 0 unspecified atom stereocenters. The molecule has 1 heterocycles. The van der Waals surface area contributed by atoms with Gasteiger partial charge in [0.25, 0.3) is 0 Å². The van der Waals surface area contributed by atoms with Crippen molar-refractivity contribution in [2.45, 2.75) is 39.0 Å². The number of aliphatic carboxylic acids is 1. The Morgan fingerprint density at radius 1 is 1.43 bits per heavy atom. The largest absolute Gasteiger partial charge is 0.493 e.